The normalized spacial score (nSPS) is 27.9. The summed E-state index contributed by atoms with van der Waals surface area (Å²) in [6, 6.07) is 0.246. The molecule has 0 bridgehead atoms. The first-order valence-electron chi connectivity index (χ1n) is 6.35. The monoisotopic (exact) mass is 226 g/mol. The SMILES string of the molecule is NCC1(C(=O)N2CCCCC2CCO)CC1. The van der Waals surface area contributed by atoms with Gasteiger partial charge >= 0.3 is 0 Å². The van der Waals surface area contributed by atoms with Crippen molar-refractivity contribution < 1.29 is 9.90 Å². The average Bonchev–Trinajstić information content (AvgIpc) is 3.10. The van der Waals surface area contributed by atoms with Gasteiger partial charge in [0.15, 0.2) is 0 Å². The van der Waals surface area contributed by atoms with E-state index in [0.29, 0.717) is 13.0 Å². The number of amides is 1. The van der Waals surface area contributed by atoms with Crippen molar-refractivity contribution in [3.63, 3.8) is 0 Å². The number of rotatable bonds is 4. The summed E-state index contributed by atoms with van der Waals surface area (Å²) in [7, 11) is 0. The lowest BCUT2D eigenvalue weighted by Gasteiger charge is -2.37. The molecule has 0 radical (unpaired) electrons. The van der Waals surface area contributed by atoms with Gasteiger partial charge in [-0.05, 0) is 38.5 Å². The van der Waals surface area contributed by atoms with Crippen LogP contribution >= 0.6 is 0 Å². The molecule has 0 aromatic carbocycles. The van der Waals surface area contributed by atoms with Gasteiger partial charge in [0.25, 0.3) is 0 Å². The highest BCUT2D eigenvalue weighted by molar-refractivity contribution is 5.86. The van der Waals surface area contributed by atoms with Gasteiger partial charge in [0.1, 0.15) is 0 Å². The molecule has 1 saturated heterocycles. The fourth-order valence-electron chi connectivity index (χ4n) is 2.68. The van der Waals surface area contributed by atoms with Crippen LogP contribution in [0.3, 0.4) is 0 Å². The van der Waals surface area contributed by atoms with Crippen molar-refractivity contribution in [2.75, 3.05) is 19.7 Å². The highest BCUT2D eigenvalue weighted by Gasteiger charge is 2.51. The zero-order valence-corrected chi connectivity index (χ0v) is 9.82. The summed E-state index contributed by atoms with van der Waals surface area (Å²) in [4.78, 5) is 14.3. The standard InChI is InChI=1S/C12H22N2O2/c13-9-12(5-6-12)11(16)14-7-2-1-3-10(14)4-8-15/h10,15H,1-9,13H2. The molecule has 1 unspecified atom stereocenters. The van der Waals surface area contributed by atoms with Gasteiger partial charge in [-0.1, -0.05) is 0 Å². The van der Waals surface area contributed by atoms with Crippen LogP contribution in [0.15, 0.2) is 0 Å². The van der Waals surface area contributed by atoms with Crippen LogP contribution in [0.2, 0.25) is 0 Å². The van der Waals surface area contributed by atoms with Crippen LogP contribution in [0.4, 0.5) is 0 Å². The molecule has 0 aromatic rings. The molecule has 1 amide bonds. The molecule has 1 atom stereocenters. The first-order chi connectivity index (χ1) is 7.73. The van der Waals surface area contributed by atoms with E-state index in [1.807, 2.05) is 4.90 Å². The third-order valence-electron chi connectivity index (χ3n) is 4.05. The number of hydrogen-bond acceptors (Lipinski definition) is 3. The summed E-state index contributed by atoms with van der Waals surface area (Å²) in [6.07, 6.45) is 5.91. The highest BCUT2D eigenvalue weighted by Crippen LogP contribution is 2.47. The quantitative estimate of drug-likeness (QED) is 0.733. The Labute approximate surface area is 96.8 Å². The molecule has 0 spiro atoms. The summed E-state index contributed by atoms with van der Waals surface area (Å²) in [5, 5.41) is 9.03. The Morgan fingerprint density at radius 2 is 2.19 bits per heavy atom. The van der Waals surface area contributed by atoms with E-state index in [1.165, 1.54) is 6.42 Å². The minimum absolute atomic E-state index is 0.171. The predicted octanol–water partition coefficient (Wildman–Crippen LogP) is 0.489. The molecule has 92 valence electrons. The molecule has 1 aliphatic carbocycles. The molecule has 1 saturated carbocycles. The van der Waals surface area contributed by atoms with Crippen LogP contribution in [-0.2, 0) is 4.79 Å². The van der Waals surface area contributed by atoms with Gasteiger partial charge in [0.2, 0.25) is 5.91 Å². The molecule has 4 heteroatoms. The fourth-order valence-corrected chi connectivity index (χ4v) is 2.68. The molecule has 2 rings (SSSR count). The molecule has 2 aliphatic rings. The molecule has 4 nitrogen and oxygen atoms in total. The number of nitrogens with zero attached hydrogens (tertiary/aromatic N) is 1. The Hall–Kier alpha value is -0.610. The Bertz CT molecular complexity index is 262. The van der Waals surface area contributed by atoms with Crippen molar-refractivity contribution >= 4 is 5.91 Å². The van der Waals surface area contributed by atoms with E-state index in [0.717, 1.165) is 32.2 Å². The van der Waals surface area contributed by atoms with E-state index in [1.54, 1.807) is 0 Å². The topological polar surface area (TPSA) is 66.6 Å². The Morgan fingerprint density at radius 1 is 1.44 bits per heavy atom. The molecule has 16 heavy (non-hydrogen) atoms. The van der Waals surface area contributed by atoms with E-state index < -0.39 is 0 Å². The second-order valence-electron chi connectivity index (χ2n) is 5.14. The summed E-state index contributed by atoms with van der Waals surface area (Å²) >= 11 is 0. The third-order valence-corrected chi connectivity index (χ3v) is 4.05. The highest BCUT2D eigenvalue weighted by atomic mass is 16.3. The van der Waals surface area contributed by atoms with Crippen LogP contribution in [0.25, 0.3) is 0 Å². The summed E-state index contributed by atoms with van der Waals surface area (Å²) < 4.78 is 0. The van der Waals surface area contributed by atoms with Gasteiger partial charge in [-0.25, -0.2) is 0 Å². The molecule has 0 aromatic heterocycles. The Morgan fingerprint density at radius 3 is 2.75 bits per heavy atom. The second kappa shape index (κ2) is 4.72. The third kappa shape index (κ3) is 2.09. The van der Waals surface area contributed by atoms with Gasteiger partial charge in [0, 0.05) is 25.7 Å². The lowest BCUT2D eigenvalue weighted by molar-refractivity contribution is -0.140. The number of aliphatic hydroxyl groups excluding tert-OH is 1. The summed E-state index contributed by atoms with van der Waals surface area (Å²) in [5.74, 6) is 0.244. The largest absolute Gasteiger partial charge is 0.396 e. The number of hydrogen-bond donors (Lipinski definition) is 2. The van der Waals surface area contributed by atoms with Crippen LogP contribution < -0.4 is 5.73 Å². The van der Waals surface area contributed by atoms with Crippen molar-refractivity contribution in [3.05, 3.63) is 0 Å². The average molecular weight is 226 g/mol. The van der Waals surface area contributed by atoms with Gasteiger partial charge in [-0.15, -0.1) is 0 Å². The minimum Gasteiger partial charge on any atom is -0.396 e. The number of piperidine rings is 1. The first-order valence-corrected chi connectivity index (χ1v) is 6.35. The maximum atomic E-state index is 12.4. The van der Waals surface area contributed by atoms with Crippen molar-refractivity contribution in [1.29, 1.82) is 0 Å². The van der Waals surface area contributed by atoms with Crippen LogP contribution in [0, 0.1) is 5.41 Å². The zero-order valence-electron chi connectivity index (χ0n) is 9.82. The van der Waals surface area contributed by atoms with Crippen molar-refractivity contribution in [2.45, 2.75) is 44.6 Å². The Kier molecular flexibility index (Phi) is 3.50. The fraction of sp³-hybridized carbons (Fsp3) is 0.917. The van der Waals surface area contributed by atoms with E-state index in [4.69, 9.17) is 10.8 Å². The van der Waals surface area contributed by atoms with Crippen molar-refractivity contribution in [1.82, 2.24) is 4.90 Å². The maximum absolute atomic E-state index is 12.4. The number of carbonyl (C=O) groups is 1. The number of aliphatic hydroxyl groups is 1. The van der Waals surface area contributed by atoms with Gasteiger partial charge in [-0.3, -0.25) is 4.79 Å². The first kappa shape index (κ1) is 11.9. The van der Waals surface area contributed by atoms with Crippen molar-refractivity contribution in [2.24, 2.45) is 11.1 Å². The molecule has 1 heterocycles. The van der Waals surface area contributed by atoms with E-state index >= 15 is 0 Å². The van der Waals surface area contributed by atoms with E-state index in [9.17, 15) is 4.79 Å². The minimum atomic E-state index is -0.231. The Balaban J connectivity index is 2.02. The molecular formula is C12H22N2O2. The lowest BCUT2D eigenvalue weighted by Crippen LogP contribution is -2.49. The molecule has 3 N–H and O–H groups in total. The van der Waals surface area contributed by atoms with Crippen LogP contribution in [0.1, 0.15) is 38.5 Å². The summed E-state index contributed by atoms with van der Waals surface area (Å²) in [5.41, 5.74) is 5.47. The molecule has 2 fully saturated rings. The van der Waals surface area contributed by atoms with Gasteiger partial charge in [0.05, 0.1) is 5.41 Å². The van der Waals surface area contributed by atoms with Crippen LogP contribution in [0.5, 0.6) is 0 Å². The second-order valence-corrected chi connectivity index (χ2v) is 5.14. The number of nitrogens with two attached hydrogens (primary N) is 1. The number of carbonyl (C=O) groups excluding carboxylic acids is 1. The lowest BCUT2D eigenvalue weighted by atomic mass is 9.96. The smallest absolute Gasteiger partial charge is 0.230 e. The zero-order chi connectivity index (χ0) is 11.6. The predicted molar refractivity (Wildman–Crippen MR) is 61.8 cm³/mol. The van der Waals surface area contributed by atoms with Gasteiger partial charge in [-0.2, -0.15) is 0 Å². The molecule has 1 aliphatic heterocycles. The molecular weight excluding hydrogens is 204 g/mol. The maximum Gasteiger partial charge on any atom is 0.230 e. The van der Waals surface area contributed by atoms with Crippen LogP contribution in [-0.4, -0.2) is 41.7 Å². The van der Waals surface area contributed by atoms with Gasteiger partial charge < -0.3 is 15.7 Å². The summed E-state index contributed by atoms with van der Waals surface area (Å²) in [6.45, 7) is 1.50. The number of likely N-dealkylation sites (tertiary alicyclic amines) is 1. The van der Waals surface area contributed by atoms with E-state index in [2.05, 4.69) is 0 Å². The van der Waals surface area contributed by atoms with Crippen molar-refractivity contribution in [3.8, 4) is 0 Å². The van der Waals surface area contributed by atoms with E-state index in [-0.39, 0.29) is 24.0 Å².